The molecule has 19 heavy (non-hydrogen) atoms. The van der Waals surface area contributed by atoms with Gasteiger partial charge in [-0.25, -0.2) is 4.57 Å². The van der Waals surface area contributed by atoms with E-state index in [4.69, 9.17) is 9.79 Å². The molecule has 0 atom stereocenters. The lowest BCUT2D eigenvalue weighted by atomic mass is 10.1. The van der Waals surface area contributed by atoms with Crippen LogP contribution in [0.2, 0.25) is 0 Å². The van der Waals surface area contributed by atoms with Gasteiger partial charge in [0.15, 0.2) is 0 Å². The standard InChI is InChI=1S/2C4H11N.H4O7P2/c2*1-4(2,3)5;1-8(2,3)7-9(4,5)6/h2*5H2,1-3H3;(H2,1,2,3)(H2,4,5,6). The van der Waals surface area contributed by atoms with Gasteiger partial charge >= 0.3 is 7.82 Å². The quantitative estimate of drug-likeness (QED) is 0.422. The molecule has 8 N–H and O–H groups in total. The molecule has 0 aromatic rings. The van der Waals surface area contributed by atoms with Gasteiger partial charge in [-0.05, 0) is 41.5 Å². The van der Waals surface area contributed by atoms with E-state index in [1.54, 1.807) is 0 Å². The van der Waals surface area contributed by atoms with Crippen molar-refractivity contribution < 1.29 is 44.5 Å². The zero-order valence-corrected chi connectivity index (χ0v) is 14.0. The Morgan fingerprint density at radius 1 is 0.895 bits per heavy atom. The van der Waals surface area contributed by atoms with Crippen LogP contribution in [0.25, 0.3) is 0 Å². The van der Waals surface area contributed by atoms with Gasteiger partial charge in [-0.3, -0.25) is 4.31 Å². The summed E-state index contributed by atoms with van der Waals surface area (Å²) in [6.45, 7) is 12.5. The molecule has 9 nitrogen and oxygen atoms in total. The Balaban J connectivity index is -0.000000219. The van der Waals surface area contributed by atoms with E-state index in [1.165, 1.54) is 0 Å². The van der Waals surface area contributed by atoms with Crippen LogP contribution < -0.4 is 21.3 Å². The van der Waals surface area contributed by atoms with Gasteiger partial charge in [-0.1, -0.05) is 0 Å². The summed E-state index contributed by atoms with van der Waals surface area (Å²) < 4.78 is 21.7. The highest BCUT2D eigenvalue weighted by atomic mass is 31.3. The van der Waals surface area contributed by atoms with Crippen LogP contribution in [-0.4, -0.2) is 20.9 Å². The summed E-state index contributed by atoms with van der Waals surface area (Å²) in [5.74, 6) is 0. The SMILES string of the molecule is CC(C)(C)[NH3+].CC(C)(C)[NH3+].O=P([O-])([O-])OP(=O)(O)O. The Morgan fingerprint density at radius 3 is 1.05 bits per heavy atom. The molecule has 0 radical (unpaired) electrons. The van der Waals surface area contributed by atoms with Crippen LogP contribution in [0.4, 0.5) is 0 Å². The van der Waals surface area contributed by atoms with Crippen molar-refractivity contribution in [3.8, 4) is 0 Å². The van der Waals surface area contributed by atoms with Gasteiger partial charge in [0.1, 0.15) is 0 Å². The number of rotatable bonds is 2. The first-order valence-electron chi connectivity index (χ1n) is 5.20. The smallest absolute Gasteiger partial charge is 0.473 e. The molecule has 0 aliphatic heterocycles. The van der Waals surface area contributed by atoms with Gasteiger partial charge in [0.05, 0.1) is 18.9 Å². The van der Waals surface area contributed by atoms with E-state index in [2.05, 4.69) is 57.3 Å². The van der Waals surface area contributed by atoms with Crippen LogP contribution in [0, 0.1) is 0 Å². The fourth-order valence-electron chi connectivity index (χ4n) is 0.130. The second kappa shape index (κ2) is 8.46. The third kappa shape index (κ3) is 125. The zero-order valence-electron chi connectivity index (χ0n) is 12.2. The average Bonchev–Trinajstić information content (AvgIpc) is 1.63. The summed E-state index contributed by atoms with van der Waals surface area (Å²) in [6, 6.07) is 0. The highest BCUT2D eigenvalue weighted by Crippen LogP contribution is 2.48. The van der Waals surface area contributed by atoms with Crippen LogP contribution in [0.1, 0.15) is 41.5 Å². The van der Waals surface area contributed by atoms with E-state index in [9.17, 15) is 18.9 Å². The molecule has 0 aromatic carbocycles. The molecular formula is C8H26N2O7P2. The summed E-state index contributed by atoms with van der Waals surface area (Å²) in [5, 5.41) is 0. The molecule has 0 spiro atoms. The third-order valence-corrected chi connectivity index (χ3v) is 1.86. The van der Waals surface area contributed by atoms with Crippen molar-refractivity contribution >= 4 is 15.6 Å². The van der Waals surface area contributed by atoms with Crippen molar-refractivity contribution in [1.29, 1.82) is 0 Å². The molecule has 0 amide bonds. The molecule has 0 heterocycles. The number of hydrogen-bond donors (Lipinski definition) is 4. The Labute approximate surface area is 113 Å². The van der Waals surface area contributed by atoms with Gasteiger partial charge in [-0.2, -0.15) is 0 Å². The van der Waals surface area contributed by atoms with E-state index in [0.29, 0.717) is 0 Å². The molecule has 120 valence electrons. The molecule has 0 aromatic heterocycles. The molecule has 0 aliphatic rings. The molecule has 0 fully saturated rings. The van der Waals surface area contributed by atoms with Crippen molar-refractivity contribution in [2.75, 3.05) is 0 Å². The molecule has 0 bridgehead atoms. The average molecular weight is 324 g/mol. The number of quaternary nitrogens is 2. The highest BCUT2D eigenvalue weighted by molar-refractivity contribution is 7.58. The van der Waals surface area contributed by atoms with Crippen molar-refractivity contribution in [2.24, 2.45) is 0 Å². The van der Waals surface area contributed by atoms with Gasteiger partial charge < -0.3 is 35.6 Å². The van der Waals surface area contributed by atoms with E-state index in [-0.39, 0.29) is 11.1 Å². The maximum absolute atomic E-state index is 9.55. The van der Waals surface area contributed by atoms with Gasteiger partial charge in [0, 0.05) is 0 Å². The Bertz CT molecular complexity index is 279. The minimum atomic E-state index is -5.55. The van der Waals surface area contributed by atoms with Crippen LogP contribution >= 0.6 is 15.6 Å². The second-order valence-corrected chi connectivity index (χ2v) is 8.67. The Hall–Kier alpha value is 0.180. The van der Waals surface area contributed by atoms with Crippen molar-refractivity contribution in [2.45, 2.75) is 52.6 Å². The highest BCUT2D eigenvalue weighted by Gasteiger charge is 2.15. The first-order valence-corrected chi connectivity index (χ1v) is 8.19. The second-order valence-electron chi connectivity index (χ2n) is 6.14. The Morgan fingerprint density at radius 2 is 1.05 bits per heavy atom. The molecule has 0 saturated heterocycles. The number of hydrogen-bond acceptors (Lipinski definition) is 5. The fraction of sp³-hybridized carbons (Fsp3) is 1.00. The van der Waals surface area contributed by atoms with Crippen LogP contribution in [0.15, 0.2) is 0 Å². The van der Waals surface area contributed by atoms with Crippen molar-refractivity contribution in [1.82, 2.24) is 0 Å². The van der Waals surface area contributed by atoms with E-state index >= 15 is 0 Å². The molecular weight excluding hydrogens is 298 g/mol. The zero-order chi connectivity index (χ0) is 16.7. The minimum absolute atomic E-state index is 0.250. The largest absolute Gasteiger partial charge is 0.789 e. The van der Waals surface area contributed by atoms with Crippen molar-refractivity contribution in [3.05, 3.63) is 0 Å². The monoisotopic (exact) mass is 324 g/mol. The predicted octanol–water partition coefficient (Wildman–Crippen LogP) is -2.02. The van der Waals surface area contributed by atoms with Crippen LogP contribution in [0.5, 0.6) is 0 Å². The van der Waals surface area contributed by atoms with Crippen LogP contribution in [-0.2, 0) is 13.4 Å². The maximum Gasteiger partial charge on any atom is 0.473 e. The summed E-state index contributed by atoms with van der Waals surface area (Å²) >= 11 is 0. The topological polar surface area (TPSA) is 185 Å². The van der Waals surface area contributed by atoms with Gasteiger partial charge in [-0.15, -0.1) is 0 Å². The van der Waals surface area contributed by atoms with Gasteiger partial charge in [0.2, 0.25) is 0 Å². The van der Waals surface area contributed by atoms with E-state index < -0.39 is 15.6 Å². The molecule has 0 rings (SSSR count). The number of phosphoric acid groups is 2. The predicted molar refractivity (Wildman–Crippen MR) is 66.0 cm³/mol. The third-order valence-electron chi connectivity index (χ3n) is 0.206. The molecule has 11 heteroatoms. The normalized spacial score (nSPS) is 12.8. The first-order chi connectivity index (χ1) is 7.71. The summed E-state index contributed by atoms with van der Waals surface area (Å²) in [7, 11) is -10.7. The molecule has 0 unspecified atom stereocenters. The minimum Gasteiger partial charge on any atom is -0.789 e. The maximum atomic E-state index is 9.55. The molecule has 0 saturated carbocycles. The van der Waals surface area contributed by atoms with E-state index in [1.807, 2.05) is 0 Å². The van der Waals surface area contributed by atoms with Gasteiger partial charge in [0.25, 0.3) is 0 Å². The van der Waals surface area contributed by atoms with Crippen molar-refractivity contribution in [3.63, 3.8) is 0 Å². The Kier molecular flexibility index (Phi) is 10.8. The van der Waals surface area contributed by atoms with Crippen LogP contribution in [0.3, 0.4) is 0 Å². The van der Waals surface area contributed by atoms with E-state index in [0.717, 1.165) is 0 Å². The lowest BCUT2D eigenvalue weighted by Gasteiger charge is -2.27. The summed E-state index contributed by atoms with van der Waals surface area (Å²) in [6.07, 6.45) is 0. The fourth-order valence-corrected chi connectivity index (χ4v) is 1.17. The summed E-state index contributed by atoms with van der Waals surface area (Å²) in [4.78, 5) is 34.1. The lowest BCUT2D eigenvalue weighted by molar-refractivity contribution is -0.459. The summed E-state index contributed by atoms with van der Waals surface area (Å²) in [5.41, 5.74) is 8.04. The first kappa shape index (κ1) is 24.2. The molecule has 0 aliphatic carbocycles. The lowest BCUT2D eigenvalue weighted by Crippen LogP contribution is -2.67.